The fraction of sp³-hybridized carbons (Fsp3) is 0.250. The van der Waals surface area contributed by atoms with E-state index < -0.39 is 6.09 Å². The summed E-state index contributed by atoms with van der Waals surface area (Å²) in [6.07, 6.45) is -0.464. The summed E-state index contributed by atoms with van der Waals surface area (Å²) in [5.41, 5.74) is 3.08. The number of ether oxygens (including phenoxy) is 1. The predicted octanol–water partition coefficient (Wildman–Crippen LogP) is 3.07. The van der Waals surface area contributed by atoms with E-state index in [4.69, 9.17) is 4.74 Å². The van der Waals surface area contributed by atoms with Crippen LogP contribution < -0.4 is 10.6 Å². The Morgan fingerprint density at radius 1 is 1.08 bits per heavy atom. The highest BCUT2D eigenvalue weighted by atomic mass is 16.5. The summed E-state index contributed by atoms with van der Waals surface area (Å²) in [7, 11) is 0. The van der Waals surface area contributed by atoms with Gasteiger partial charge in [-0.15, -0.1) is 0 Å². The molecule has 0 aliphatic heterocycles. The average molecular weight is 322 g/mol. The smallest absolute Gasteiger partial charge is 0.408 e. The van der Waals surface area contributed by atoms with Gasteiger partial charge in [0.2, 0.25) is 0 Å². The lowest BCUT2D eigenvalue weighted by Gasteiger charge is -2.04. The van der Waals surface area contributed by atoms with Gasteiger partial charge in [0.15, 0.2) is 0 Å². The first-order valence-corrected chi connectivity index (χ1v) is 8.01. The molecule has 0 fully saturated rings. The molecule has 0 heterocycles. The number of carbonyl (C=O) groups excluding carboxylic acids is 1. The van der Waals surface area contributed by atoms with Crippen molar-refractivity contribution in [2.24, 2.45) is 0 Å². The van der Waals surface area contributed by atoms with E-state index in [2.05, 4.69) is 35.5 Å². The van der Waals surface area contributed by atoms with Crippen molar-refractivity contribution in [2.75, 3.05) is 13.1 Å². The number of alkyl carbamates (subject to hydrolysis) is 1. The van der Waals surface area contributed by atoms with Crippen molar-refractivity contribution >= 4 is 6.09 Å². The van der Waals surface area contributed by atoms with Gasteiger partial charge >= 0.3 is 6.09 Å². The number of hydrogen-bond donors (Lipinski definition) is 2. The Morgan fingerprint density at radius 3 is 2.67 bits per heavy atom. The van der Waals surface area contributed by atoms with Crippen LogP contribution in [0, 0.1) is 11.8 Å². The summed E-state index contributed by atoms with van der Waals surface area (Å²) in [6.45, 7) is 4.35. The third kappa shape index (κ3) is 6.55. The Balaban J connectivity index is 1.74. The highest BCUT2D eigenvalue weighted by molar-refractivity contribution is 5.67. The van der Waals surface area contributed by atoms with E-state index in [1.807, 2.05) is 48.5 Å². The van der Waals surface area contributed by atoms with Crippen molar-refractivity contribution in [2.45, 2.75) is 20.1 Å². The highest BCUT2D eigenvalue weighted by Crippen LogP contribution is 2.03. The van der Waals surface area contributed by atoms with Crippen molar-refractivity contribution in [3.63, 3.8) is 0 Å². The van der Waals surface area contributed by atoms with Gasteiger partial charge in [0.25, 0.3) is 0 Å². The van der Waals surface area contributed by atoms with Crippen molar-refractivity contribution in [1.29, 1.82) is 0 Å². The standard InChI is InChI=1S/C20H22N2O2/c1-2-21-15-19-11-6-10-17(14-19)12-7-13-22-20(23)24-16-18-8-4-3-5-9-18/h3-6,8-11,14,21H,2,13,15-16H2,1H3,(H,22,23). The van der Waals surface area contributed by atoms with Crippen LogP contribution in [0.2, 0.25) is 0 Å². The molecule has 0 aromatic heterocycles. The van der Waals surface area contributed by atoms with Gasteiger partial charge in [0.1, 0.15) is 6.61 Å². The molecule has 1 amide bonds. The summed E-state index contributed by atoms with van der Waals surface area (Å²) in [6, 6.07) is 17.6. The van der Waals surface area contributed by atoms with Crippen LogP contribution in [-0.2, 0) is 17.9 Å². The van der Waals surface area contributed by atoms with Crippen LogP contribution in [0.15, 0.2) is 54.6 Å². The van der Waals surface area contributed by atoms with Gasteiger partial charge in [-0.25, -0.2) is 4.79 Å². The van der Waals surface area contributed by atoms with Crippen LogP contribution in [0.4, 0.5) is 4.79 Å². The molecule has 0 bridgehead atoms. The molecule has 2 aromatic carbocycles. The molecule has 124 valence electrons. The summed E-state index contributed by atoms with van der Waals surface area (Å²) >= 11 is 0. The summed E-state index contributed by atoms with van der Waals surface area (Å²) in [4.78, 5) is 11.6. The predicted molar refractivity (Wildman–Crippen MR) is 95.3 cm³/mol. The number of nitrogens with one attached hydrogen (secondary N) is 2. The largest absolute Gasteiger partial charge is 0.445 e. The third-order valence-electron chi connectivity index (χ3n) is 3.27. The Morgan fingerprint density at radius 2 is 1.88 bits per heavy atom. The van der Waals surface area contributed by atoms with E-state index in [0.29, 0.717) is 0 Å². The molecule has 0 spiro atoms. The van der Waals surface area contributed by atoms with Crippen LogP contribution in [0.1, 0.15) is 23.6 Å². The molecule has 0 unspecified atom stereocenters. The first-order valence-electron chi connectivity index (χ1n) is 8.01. The minimum absolute atomic E-state index is 0.255. The van der Waals surface area contributed by atoms with Crippen molar-refractivity contribution < 1.29 is 9.53 Å². The minimum Gasteiger partial charge on any atom is -0.445 e. The maximum absolute atomic E-state index is 11.6. The molecule has 0 aliphatic carbocycles. The fourth-order valence-electron chi connectivity index (χ4n) is 2.07. The molecule has 2 aromatic rings. The lowest BCUT2D eigenvalue weighted by molar-refractivity contribution is 0.141. The van der Waals surface area contributed by atoms with Crippen LogP contribution in [0.5, 0.6) is 0 Å². The van der Waals surface area contributed by atoms with Crippen LogP contribution in [-0.4, -0.2) is 19.2 Å². The second-order valence-electron chi connectivity index (χ2n) is 5.20. The molecule has 0 atom stereocenters. The lowest BCUT2D eigenvalue weighted by atomic mass is 10.1. The Kier molecular flexibility index (Phi) is 7.39. The minimum atomic E-state index is -0.464. The molecule has 0 saturated carbocycles. The monoisotopic (exact) mass is 322 g/mol. The Labute approximate surface area is 143 Å². The summed E-state index contributed by atoms with van der Waals surface area (Å²) in [5, 5.41) is 5.90. The average Bonchev–Trinajstić information content (AvgIpc) is 2.63. The topological polar surface area (TPSA) is 50.4 Å². The van der Waals surface area contributed by atoms with Gasteiger partial charge in [-0.2, -0.15) is 0 Å². The van der Waals surface area contributed by atoms with Gasteiger partial charge in [-0.05, 0) is 29.8 Å². The van der Waals surface area contributed by atoms with Crippen molar-refractivity contribution in [3.8, 4) is 11.8 Å². The number of amides is 1. The zero-order valence-electron chi connectivity index (χ0n) is 13.8. The fourth-order valence-corrected chi connectivity index (χ4v) is 2.07. The first-order chi connectivity index (χ1) is 11.8. The molecule has 0 radical (unpaired) electrons. The lowest BCUT2D eigenvalue weighted by Crippen LogP contribution is -2.24. The van der Waals surface area contributed by atoms with Gasteiger partial charge in [-0.1, -0.05) is 61.2 Å². The van der Waals surface area contributed by atoms with Gasteiger partial charge in [0.05, 0.1) is 6.54 Å². The van der Waals surface area contributed by atoms with Gasteiger partial charge < -0.3 is 15.4 Å². The van der Waals surface area contributed by atoms with Crippen LogP contribution >= 0.6 is 0 Å². The maximum Gasteiger partial charge on any atom is 0.408 e. The van der Waals surface area contributed by atoms with Crippen LogP contribution in [0.3, 0.4) is 0 Å². The third-order valence-corrected chi connectivity index (χ3v) is 3.27. The molecule has 0 saturated heterocycles. The number of benzene rings is 2. The molecule has 4 heteroatoms. The van der Waals surface area contributed by atoms with E-state index in [-0.39, 0.29) is 13.2 Å². The highest BCUT2D eigenvalue weighted by Gasteiger charge is 2.00. The van der Waals surface area contributed by atoms with Gasteiger partial charge in [0, 0.05) is 12.1 Å². The molecule has 4 nitrogen and oxygen atoms in total. The Bertz CT molecular complexity index is 702. The summed E-state index contributed by atoms with van der Waals surface area (Å²) in [5.74, 6) is 5.97. The second kappa shape index (κ2) is 10.1. The van der Waals surface area contributed by atoms with E-state index in [1.165, 1.54) is 5.56 Å². The number of hydrogen-bond acceptors (Lipinski definition) is 3. The molecule has 2 rings (SSSR count). The Hall–Kier alpha value is -2.77. The molecular weight excluding hydrogens is 300 g/mol. The summed E-state index contributed by atoms with van der Waals surface area (Å²) < 4.78 is 5.12. The zero-order chi connectivity index (χ0) is 17.0. The molecule has 24 heavy (non-hydrogen) atoms. The SMILES string of the molecule is CCNCc1cccc(C#CCNC(=O)OCc2ccccc2)c1. The van der Waals surface area contributed by atoms with E-state index in [9.17, 15) is 4.79 Å². The first kappa shape index (κ1) is 17.6. The van der Waals surface area contributed by atoms with Crippen molar-refractivity contribution in [1.82, 2.24) is 10.6 Å². The normalized spacial score (nSPS) is 9.71. The molecule has 0 aliphatic rings. The van der Waals surface area contributed by atoms with Crippen molar-refractivity contribution in [3.05, 3.63) is 71.3 Å². The molecular formula is C20H22N2O2. The van der Waals surface area contributed by atoms with Crippen LogP contribution in [0.25, 0.3) is 0 Å². The van der Waals surface area contributed by atoms with E-state index >= 15 is 0 Å². The van der Waals surface area contributed by atoms with E-state index in [0.717, 1.165) is 24.2 Å². The van der Waals surface area contributed by atoms with Gasteiger partial charge in [-0.3, -0.25) is 0 Å². The maximum atomic E-state index is 11.6. The second-order valence-corrected chi connectivity index (χ2v) is 5.20. The number of carbonyl (C=O) groups is 1. The molecule has 2 N–H and O–H groups in total. The number of rotatable bonds is 6. The zero-order valence-corrected chi connectivity index (χ0v) is 13.8. The quantitative estimate of drug-likeness (QED) is 0.804. The van der Waals surface area contributed by atoms with E-state index in [1.54, 1.807) is 0 Å².